The van der Waals surface area contributed by atoms with Gasteiger partial charge in [-0.15, -0.1) is 0 Å². The minimum absolute atomic E-state index is 0.229. The maximum absolute atomic E-state index is 12.2. The van der Waals surface area contributed by atoms with E-state index in [1.807, 2.05) is 0 Å². The Morgan fingerprint density at radius 3 is 1.44 bits per heavy atom. The molecule has 0 bridgehead atoms. The van der Waals surface area contributed by atoms with Crippen LogP contribution in [0.3, 0.4) is 0 Å². The van der Waals surface area contributed by atoms with Crippen LogP contribution in [0.25, 0.3) is 0 Å². The van der Waals surface area contributed by atoms with Gasteiger partial charge in [-0.3, -0.25) is 14.5 Å². The Morgan fingerprint density at radius 1 is 0.647 bits per heavy atom. The molecule has 0 radical (unpaired) electrons. The van der Waals surface area contributed by atoms with Gasteiger partial charge in [0, 0.05) is 6.61 Å². The average molecular weight is 482 g/mol. The van der Waals surface area contributed by atoms with Crippen LogP contribution >= 0.6 is 0 Å². The van der Waals surface area contributed by atoms with Crippen molar-refractivity contribution < 1.29 is 38.0 Å². The van der Waals surface area contributed by atoms with Crippen molar-refractivity contribution in [3.8, 4) is 0 Å². The number of hydrogen-bond donors (Lipinski definition) is 0. The molecule has 0 saturated heterocycles. The minimum Gasteiger partial charge on any atom is -0.379 e. The molecule has 1 heterocycles. The lowest BCUT2D eigenvalue weighted by Crippen LogP contribution is -2.33. The van der Waals surface area contributed by atoms with E-state index in [-0.39, 0.29) is 25.0 Å². The smallest absolute Gasteiger partial charge is 0.261 e. The zero-order chi connectivity index (χ0) is 24.4. The van der Waals surface area contributed by atoms with Gasteiger partial charge in [0.2, 0.25) is 0 Å². The first-order chi connectivity index (χ1) is 16.6. The van der Waals surface area contributed by atoms with E-state index in [0.29, 0.717) is 83.1 Å². The molecule has 1 atom stereocenters. The second-order valence-corrected chi connectivity index (χ2v) is 7.96. The minimum atomic E-state index is -0.267. The van der Waals surface area contributed by atoms with E-state index < -0.39 is 0 Å². The SMILES string of the molecule is CCC(C)COCCOCCOCCOCCOCCOCCN1C(=O)c2ccccc2C1=O. The summed E-state index contributed by atoms with van der Waals surface area (Å²) in [5, 5.41) is 0. The van der Waals surface area contributed by atoms with Gasteiger partial charge in [-0.1, -0.05) is 32.4 Å². The molecule has 2 rings (SSSR count). The summed E-state index contributed by atoms with van der Waals surface area (Å²) in [5.41, 5.74) is 0.903. The number of benzene rings is 1. The number of nitrogens with zero attached hydrogens (tertiary/aromatic N) is 1. The summed E-state index contributed by atoms with van der Waals surface area (Å²) < 4.78 is 32.8. The van der Waals surface area contributed by atoms with Crippen molar-refractivity contribution >= 4 is 11.8 Å². The third-order valence-electron chi connectivity index (χ3n) is 5.30. The zero-order valence-electron chi connectivity index (χ0n) is 20.5. The fourth-order valence-corrected chi connectivity index (χ4v) is 3.10. The predicted molar refractivity (Wildman–Crippen MR) is 126 cm³/mol. The summed E-state index contributed by atoms with van der Waals surface area (Å²) in [5.74, 6) is 0.0553. The van der Waals surface area contributed by atoms with Gasteiger partial charge >= 0.3 is 0 Å². The summed E-state index contributed by atoms with van der Waals surface area (Å²) in [6.45, 7) is 10.6. The maximum Gasteiger partial charge on any atom is 0.261 e. The summed E-state index contributed by atoms with van der Waals surface area (Å²) in [4.78, 5) is 25.7. The molecule has 0 saturated carbocycles. The van der Waals surface area contributed by atoms with Crippen molar-refractivity contribution in [3.63, 3.8) is 0 Å². The van der Waals surface area contributed by atoms with E-state index in [1.165, 1.54) is 4.90 Å². The number of fused-ring (bicyclic) bond motifs is 1. The number of carbonyl (C=O) groups excluding carboxylic acids is 2. The number of carbonyl (C=O) groups is 2. The van der Waals surface area contributed by atoms with E-state index in [2.05, 4.69) is 13.8 Å². The lowest BCUT2D eigenvalue weighted by molar-refractivity contribution is -0.0185. The van der Waals surface area contributed by atoms with Crippen LogP contribution in [0.5, 0.6) is 0 Å². The van der Waals surface area contributed by atoms with Gasteiger partial charge in [-0.2, -0.15) is 0 Å². The monoisotopic (exact) mass is 481 g/mol. The van der Waals surface area contributed by atoms with Gasteiger partial charge in [-0.05, 0) is 18.1 Å². The van der Waals surface area contributed by atoms with E-state index in [0.717, 1.165) is 13.0 Å². The summed E-state index contributed by atoms with van der Waals surface area (Å²) in [6.07, 6.45) is 1.13. The number of rotatable bonds is 21. The summed E-state index contributed by atoms with van der Waals surface area (Å²) in [7, 11) is 0. The highest BCUT2D eigenvalue weighted by Gasteiger charge is 2.34. The number of ether oxygens (including phenoxy) is 6. The van der Waals surface area contributed by atoms with Crippen molar-refractivity contribution in [2.45, 2.75) is 20.3 Å². The fourth-order valence-electron chi connectivity index (χ4n) is 3.10. The number of amides is 2. The molecule has 0 fully saturated rings. The summed E-state index contributed by atoms with van der Waals surface area (Å²) in [6, 6.07) is 6.84. The Morgan fingerprint density at radius 2 is 1.03 bits per heavy atom. The molecule has 34 heavy (non-hydrogen) atoms. The largest absolute Gasteiger partial charge is 0.379 e. The Balaban J connectivity index is 1.30. The van der Waals surface area contributed by atoms with Crippen LogP contribution in [0.1, 0.15) is 41.0 Å². The van der Waals surface area contributed by atoms with Crippen LogP contribution in [-0.2, 0) is 28.4 Å². The highest BCUT2D eigenvalue weighted by atomic mass is 16.6. The van der Waals surface area contributed by atoms with Crippen LogP contribution in [0, 0.1) is 5.92 Å². The Kier molecular flexibility index (Phi) is 14.6. The molecule has 192 valence electrons. The van der Waals surface area contributed by atoms with E-state index in [4.69, 9.17) is 28.4 Å². The zero-order valence-corrected chi connectivity index (χ0v) is 20.5. The fraction of sp³-hybridized carbons (Fsp3) is 0.680. The van der Waals surface area contributed by atoms with Gasteiger partial charge in [-0.25, -0.2) is 0 Å². The second kappa shape index (κ2) is 17.5. The molecule has 9 nitrogen and oxygen atoms in total. The van der Waals surface area contributed by atoms with Crippen LogP contribution < -0.4 is 0 Å². The topological polar surface area (TPSA) is 92.8 Å². The lowest BCUT2D eigenvalue weighted by Gasteiger charge is -2.13. The molecule has 0 N–H and O–H groups in total. The highest BCUT2D eigenvalue weighted by molar-refractivity contribution is 6.21. The van der Waals surface area contributed by atoms with Crippen molar-refractivity contribution in [2.24, 2.45) is 5.92 Å². The molecule has 2 amide bonds. The average Bonchev–Trinajstić information content (AvgIpc) is 3.10. The first-order valence-corrected chi connectivity index (χ1v) is 12.1. The molecule has 1 aliphatic rings. The van der Waals surface area contributed by atoms with Gasteiger partial charge in [0.1, 0.15) is 0 Å². The van der Waals surface area contributed by atoms with Gasteiger partial charge in [0.25, 0.3) is 11.8 Å². The first kappa shape index (κ1) is 28.4. The van der Waals surface area contributed by atoms with E-state index >= 15 is 0 Å². The van der Waals surface area contributed by atoms with Crippen molar-refractivity contribution in [1.29, 1.82) is 0 Å². The quantitative estimate of drug-likeness (QED) is 0.195. The van der Waals surface area contributed by atoms with Crippen LogP contribution in [0.2, 0.25) is 0 Å². The lowest BCUT2D eigenvalue weighted by atomic mass is 10.1. The second-order valence-electron chi connectivity index (χ2n) is 7.96. The third-order valence-corrected chi connectivity index (χ3v) is 5.30. The normalized spacial score (nSPS) is 14.1. The summed E-state index contributed by atoms with van der Waals surface area (Å²) >= 11 is 0. The number of imide groups is 1. The molecule has 9 heteroatoms. The van der Waals surface area contributed by atoms with Crippen molar-refractivity contribution in [3.05, 3.63) is 35.4 Å². The maximum atomic E-state index is 12.2. The van der Waals surface area contributed by atoms with E-state index in [9.17, 15) is 9.59 Å². The molecule has 1 unspecified atom stereocenters. The van der Waals surface area contributed by atoms with E-state index in [1.54, 1.807) is 24.3 Å². The molecular formula is C25H39NO8. The van der Waals surface area contributed by atoms with Gasteiger partial charge in [0.05, 0.1) is 90.3 Å². The van der Waals surface area contributed by atoms with Gasteiger partial charge in [0.15, 0.2) is 0 Å². The standard InChI is InChI=1S/C25H39NO8/c1-3-21(2)20-34-19-18-33-17-16-32-15-14-31-13-12-30-11-10-29-9-8-26-24(27)22-6-4-5-7-23(22)25(26)28/h4-7,21H,3,8-20H2,1-2H3. The first-order valence-electron chi connectivity index (χ1n) is 12.1. The van der Waals surface area contributed by atoms with Crippen LogP contribution in [-0.4, -0.2) is 103 Å². The van der Waals surface area contributed by atoms with Crippen molar-refractivity contribution in [2.75, 3.05) is 85.8 Å². The Bertz CT molecular complexity index is 679. The predicted octanol–water partition coefficient (Wildman–Crippen LogP) is 2.43. The Labute approximate surface area is 202 Å². The van der Waals surface area contributed by atoms with Crippen LogP contribution in [0.15, 0.2) is 24.3 Å². The number of hydrogen-bond acceptors (Lipinski definition) is 8. The molecule has 1 aromatic carbocycles. The molecule has 0 spiro atoms. The third kappa shape index (κ3) is 10.6. The van der Waals surface area contributed by atoms with Gasteiger partial charge < -0.3 is 28.4 Å². The Hall–Kier alpha value is -1.88. The van der Waals surface area contributed by atoms with Crippen molar-refractivity contribution in [1.82, 2.24) is 4.90 Å². The molecule has 1 aromatic rings. The highest BCUT2D eigenvalue weighted by Crippen LogP contribution is 2.21. The molecular weight excluding hydrogens is 442 g/mol. The molecule has 0 aromatic heterocycles. The molecule has 1 aliphatic heterocycles. The molecule has 0 aliphatic carbocycles. The van der Waals surface area contributed by atoms with Crippen LogP contribution in [0.4, 0.5) is 0 Å².